The zero-order valence-corrected chi connectivity index (χ0v) is 15.7. The molecule has 0 spiro atoms. The van der Waals surface area contributed by atoms with Gasteiger partial charge < -0.3 is 0 Å². The van der Waals surface area contributed by atoms with Gasteiger partial charge in [-0.1, -0.05) is 84.0 Å². The van der Waals surface area contributed by atoms with Crippen LogP contribution in [0, 0.1) is 11.3 Å². The molecule has 1 atom stereocenters. The highest BCUT2D eigenvalue weighted by Crippen LogP contribution is 2.49. The molecule has 0 amide bonds. The molecule has 0 N–H and O–H groups in total. The van der Waals surface area contributed by atoms with E-state index in [1.807, 2.05) is 0 Å². The number of hydrogen-bond acceptors (Lipinski definition) is 1. The molecule has 2 saturated carbocycles. The number of ketones is 1. The fourth-order valence-corrected chi connectivity index (χ4v) is 5.27. The molecule has 0 bridgehead atoms. The van der Waals surface area contributed by atoms with E-state index in [1.165, 1.54) is 103 Å². The van der Waals surface area contributed by atoms with Gasteiger partial charge in [0.25, 0.3) is 0 Å². The second kappa shape index (κ2) is 10.5. The van der Waals surface area contributed by atoms with Crippen molar-refractivity contribution in [3.63, 3.8) is 0 Å². The first-order chi connectivity index (χ1) is 11.3. The number of Topliss-reactive ketones (excluding diaryl/α,β-unsaturated/α-hetero) is 1. The fourth-order valence-electron chi connectivity index (χ4n) is 5.27. The molecule has 0 radical (unpaired) electrons. The van der Waals surface area contributed by atoms with Crippen molar-refractivity contribution >= 4 is 5.78 Å². The lowest BCUT2D eigenvalue weighted by atomic mass is 9.64. The van der Waals surface area contributed by atoms with Crippen LogP contribution in [0.3, 0.4) is 0 Å². The topological polar surface area (TPSA) is 17.1 Å². The van der Waals surface area contributed by atoms with Crippen molar-refractivity contribution in [1.82, 2.24) is 0 Å². The Morgan fingerprint density at radius 2 is 1.48 bits per heavy atom. The maximum atomic E-state index is 12.8. The van der Waals surface area contributed by atoms with E-state index < -0.39 is 0 Å². The van der Waals surface area contributed by atoms with Crippen LogP contribution >= 0.6 is 0 Å². The van der Waals surface area contributed by atoms with Gasteiger partial charge in [-0.05, 0) is 37.5 Å². The molecule has 1 unspecified atom stereocenters. The van der Waals surface area contributed by atoms with E-state index in [2.05, 4.69) is 6.92 Å². The van der Waals surface area contributed by atoms with Gasteiger partial charge in [0.05, 0.1) is 0 Å². The highest BCUT2D eigenvalue weighted by Gasteiger charge is 2.41. The van der Waals surface area contributed by atoms with Crippen molar-refractivity contribution in [2.75, 3.05) is 0 Å². The lowest BCUT2D eigenvalue weighted by Crippen LogP contribution is -2.35. The second-order valence-corrected chi connectivity index (χ2v) is 8.41. The van der Waals surface area contributed by atoms with Crippen LogP contribution in [0.1, 0.15) is 122 Å². The van der Waals surface area contributed by atoms with E-state index >= 15 is 0 Å². The van der Waals surface area contributed by atoms with Gasteiger partial charge >= 0.3 is 0 Å². The summed E-state index contributed by atoms with van der Waals surface area (Å²) in [6.07, 6.45) is 23.7. The first kappa shape index (κ1) is 19.0. The minimum atomic E-state index is 0.392. The van der Waals surface area contributed by atoms with Crippen LogP contribution in [-0.4, -0.2) is 5.78 Å². The van der Waals surface area contributed by atoms with Gasteiger partial charge in [-0.25, -0.2) is 0 Å². The summed E-state index contributed by atoms with van der Waals surface area (Å²) in [7, 11) is 0. The normalized spacial score (nSPS) is 25.8. The number of carbonyl (C=O) groups excluding carboxylic acids is 1. The predicted octanol–water partition coefficient (Wildman–Crippen LogP) is 7.23. The standard InChI is InChI=1S/C22H40O/c1-2-3-4-5-6-12-17-22(18-13-7-8-14-19-22)20-15-10-9-11-16-21(20)23/h20H,2-19H2,1H3. The first-order valence-corrected chi connectivity index (χ1v) is 10.8. The molecule has 2 aliphatic rings. The van der Waals surface area contributed by atoms with E-state index in [0.29, 0.717) is 17.1 Å². The molecule has 134 valence electrons. The molecule has 2 aliphatic carbocycles. The maximum Gasteiger partial charge on any atom is 0.136 e. The number of hydrogen-bond donors (Lipinski definition) is 0. The third kappa shape index (κ3) is 5.91. The number of rotatable bonds is 8. The predicted molar refractivity (Wildman–Crippen MR) is 99.7 cm³/mol. The summed E-state index contributed by atoms with van der Waals surface area (Å²) in [5.41, 5.74) is 0.392. The zero-order valence-electron chi connectivity index (χ0n) is 15.7. The van der Waals surface area contributed by atoms with Crippen molar-refractivity contribution < 1.29 is 4.79 Å². The molecule has 0 aromatic rings. The summed E-state index contributed by atoms with van der Waals surface area (Å²) < 4.78 is 0. The van der Waals surface area contributed by atoms with Crippen LogP contribution in [0.2, 0.25) is 0 Å². The summed E-state index contributed by atoms with van der Waals surface area (Å²) in [6.45, 7) is 2.29. The Morgan fingerprint density at radius 1 is 0.826 bits per heavy atom. The van der Waals surface area contributed by atoms with Crippen LogP contribution in [0.15, 0.2) is 0 Å². The van der Waals surface area contributed by atoms with Gasteiger partial charge in [0.15, 0.2) is 0 Å². The highest BCUT2D eigenvalue weighted by atomic mass is 16.1. The molecule has 23 heavy (non-hydrogen) atoms. The average molecular weight is 321 g/mol. The van der Waals surface area contributed by atoms with Gasteiger partial charge in [-0.2, -0.15) is 0 Å². The molecule has 2 fully saturated rings. The molecule has 0 aliphatic heterocycles. The summed E-state index contributed by atoms with van der Waals surface area (Å²) in [5, 5.41) is 0. The average Bonchev–Trinajstić information content (AvgIpc) is 2.92. The number of unbranched alkanes of at least 4 members (excludes halogenated alkanes) is 5. The third-order valence-electron chi connectivity index (χ3n) is 6.67. The molecule has 1 heteroatoms. The van der Waals surface area contributed by atoms with Gasteiger partial charge in [-0.15, -0.1) is 0 Å². The van der Waals surface area contributed by atoms with Crippen molar-refractivity contribution in [3.8, 4) is 0 Å². The Hall–Kier alpha value is -0.330. The Morgan fingerprint density at radius 3 is 2.22 bits per heavy atom. The minimum absolute atomic E-state index is 0.392. The highest BCUT2D eigenvalue weighted by molar-refractivity contribution is 5.82. The SMILES string of the molecule is CCCCCCCCC1(C2CCCCCC2=O)CCCCCC1. The zero-order chi connectivity index (χ0) is 16.4. The van der Waals surface area contributed by atoms with E-state index in [9.17, 15) is 4.79 Å². The van der Waals surface area contributed by atoms with Crippen molar-refractivity contribution in [2.24, 2.45) is 11.3 Å². The Balaban J connectivity index is 1.95. The van der Waals surface area contributed by atoms with Crippen LogP contribution in [0.25, 0.3) is 0 Å². The Bertz CT molecular complexity index is 325. The molecular formula is C22H40O. The second-order valence-electron chi connectivity index (χ2n) is 8.41. The van der Waals surface area contributed by atoms with Gasteiger partial charge in [0, 0.05) is 12.3 Å². The van der Waals surface area contributed by atoms with Crippen LogP contribution < -0.4 is 0 Å². The summed E-state index contributed by atoms with van der Waals surface area (Å²) in [4.78, 5) is 12.8. The fraction of sp³-hybridized carbons (Fsp3) is 0.955. The van der Waals surface area contributed by atoms with Crippen LogP contribution in [0.5, 0.6) is 0 Å². The molecule has 1 nitrogen and oxygen atoms in total. The Kier molecular flexibility index (Phi) is 8.69. The quantitative estimate of drug-likeness (QED) is 0.340. The summed E-state index contributed by atoms with van der Waals surface area (Å²) in [5.74, 6) is 1.05. The van der Waals surface area contributed by atoms with E-state index in [0.717, 1.165) is 12.8 Å². The van der Waals surface area contributed by atoms with Gasteiger partial charge in [0.2, 0.25) is 0 Å². The first-order valence-electron chi connectivity index (χ1n) is 10.8. The summed E-state index contributed by atoms with van der Waals surface area (Å²) >= 11 is 0. The maximum absolute atomic E-state index is 12.8. The van der Waals surface area contributed by atoms with Crippen LogP contribution in [-0.2, 0) is 4.79 Å². The van der Waals surface area contributed by atoms with Crippen molar-refractivity contribution in [2.45, 2.75) is 122 Å². The van der Waals surface area contributed by atoms with E-state index in [1.54, 1.807) is 0 Å². The van der Waals surface area contributed by atoms with E-state index in [4.69, 9.17) is 0 Å². The largest absolute Gasteiger partial charge is 0.299 e. The molecule has 2 rings (SSSR count). The lowest BCUT2D eigenvalue weighted by molar-refractivity contribution is -0.128. The van der Waals surface area contributed by atoms with E-state index in [-0.39, 0.29) is 0 Å². The lowest BCUT2D eigenvalue weighted by Gasteiger charge is -2.40. The third-order valence-corrected chi connectivity index (χ3v) is 6.67. The molecule has 0 aromatic heterocycles. The molecule has 0 aromatic carbocycles. The van der Waals surface area contributed by atoms with Gasteiger partial charge in [-0.3, -0.25) is 4.79 Å². The monoisotopic (exact) mass is 320 g/mol. The molecule has 0 heterocycles. The molecule has 0 saturated heterocycles. The Labute approximate surface area is 145 Å². The number of carbonyl (C=O) groups is 1. The van der Waals surface area contributed by atoms with Crippen LogP contribution in [0.4, 0.5) is 0 Å². The van der Waals surface area contributed by atoms with Crippen molar-refractivity contribution in [3.05, 3.63) is 0 Å². The van der Waals surface area contributed by atoms with Gasteiger partial charge in [0.1, 0.15) is 5.78 Å². The minimum Gasteiger partial charge on any atom is -0.299 e. The molecular weight excluding hydrogens is 280 g/mol. The smallest absolute Gasteiger partial charge is 0.136 e. The van der Waals surface area contributed by atoms with Crippen molar-refractivity contribution in [1.29, 1.82) is 0 Å². The summed E-state index contributed by atoms with van der Waals surface area (Å²) in [6, 6.07) is 0.